The number of carbonyl (C=O) groups is 2. The number of hydrogen-bond acceptors (Lipinski definition) is 5. The van der Waals surface area contributed by atoms with Crippen molar-refractivity contribution in [3.8, 4) is 5.75 Å². The summed E-state index contributed by atoms with van der Waals surface area (Å²) in [5, 5.41) is 5.63. The summed E-state index contributed by atoms with van der Waals surface area (Å²) in [7, 11) is 0. The van der Waals surface area contributed by atoms with Gasteiger partial charge in [0.15, 0.2) is 5.13 Å². The molecule has 0 spiro atoms. The first-order chi connectivity index (χ1) is 12.2. The third-order valence-corrected chi connectivity index (χ3v) is 5.39. The van der Waals surface area contributed by atoms with Gasteiger partial charge in [0.05, 0.1) is 24.8 Å². The highest BCUT2D eigenvalue weighted by Gasteiger charge is 2.25. The van der Waals surface area contributed by atoms with Crippen molar-refractivity contribution in [1.82, 2.24) is 10.3 Å². The van der Waals surface area contributed by atoms with E-state index < -0.39 is 0 Å². The Morgan fingerprint density at radius 2 is 2.28 bits per heavy atom. The molecule has 1 N–H and O–H groups in total. The van der Waals surface area contributed by atoms with Gasteiger partial charge in [0.2, 0.25) is 11.8 Å². The van der Waals surface area contributed by atoms with E-state index in [1.54, 1.807) is 4.90 Å². The smallest absolute Gasteiger partial charge is 0.228 e. The lowest BCUT2D eigenvalue weighted by atomic mass is 10.0. The quantitative estimate of drug-likeness (QED) is 0.912. The van der Waals surface area contributed by atoms with E-state index in [2.05, 4.69) is 10.3 Å². The Bertz CT molecular complexity index is 804. The van der Waals surface area contributed by atoms with Crippen molar-refractivity contribution < 1.29 is 14.3 Å². The third kappa shape index (κ3) is 3.37. The van der Waals surface area contributed by atoms with Crippen LogP contribution in [0, 0.1) is 0 Å². The summed E-state index contributed by atoms with van der Waals surface area (Å²) in [5.74, 6) is 0.887. The van der Waals surface area contributed by atoms with Gasteiger partial charge < -0.3 is 10.1 Å². The van der Waals surface area contributed by atoms with Crippen LogP contribution in [0.25, 0.3) is 0 Å². The molecule has 6 nitrogen and oxygen atoms in total. The summed E-state index contributed by atoms with van der Waals surface area (Å²) in [6.45, 7) is 1.32. The number of para-hydroxylation sites is 1. The zero-order valence-electron chi connectivity index (χ0n) is 13.7. The summed E-state index contributed by atoms with van der Waals surface area (Å²) >= 11 is 1.42. The van der Waals surface area contributed by atoms with Crippen LogP contribution in [0.4, 0.5) is 5.13 Å². The number of amides is 2. The van der Waals surface area contributed by atoms with Gasteiger partial charge in [0, 0.05) is 30.3 Å². The molecule has 2 aliphatic rings. The molecule has 1 atom stereocenters. The molecule has 2 aliphatic heterocycles. The molecular formula is C18H19N3O3S. The maximum Gasteiger partial charge on any atom is 0.228 e. The molecule has 130 valence electrons. The molecule has 0 aliphatic carbocycles. The molecule has 7 heteroatoms. The largest absolute Gasteiger partial charge is 0.493 e. The monoisotopic (exact) mass is 357 g/mol. The number of thiazole rings is 1. The minimum Gasteiger partial charge on any atom is -0.493 e. The second kappa shape index (κ2) is 6.84. The van der Waals surface area contributed by atoms with Gasteiger partial charge in [-0.3, -0.25) is 14.5 Å². The van der Waals surface area contributed by atoms with Gasteiger partial charge >= 0.3 is 0 Å². The van der Waals surface area contributed by atoms with Crippen molar-refractivity contribution in [3.05, 3.63) is 40.9 Å². The standard InChI is InChI=1S/C18H19N3O3S/c22-16(20-14-7-9-24-15-5-2-1-4-13(14)15)10-12-11-25-18(19-12)21-8-3-6-17(21)23/h1-2,4-5,11,14H,3,6-10H2,(H,20,22). The van der Waals surface area contributed by atoms with Crippen molar-refractivity contribution in [3.63, 3.8) is 0 Å². The van der Waals surface area contributed by atoms with E-state index >= 15 is 0 Å². The predicted molar refractivity (Wildman–Crippen MR) is 94.8 cm³/mol. The van der Waals surface area contributed by atoms with E-state index in [9.17, 15) is 9.59 Å². The first-order valence-corrected chi connectivity index (χ1v) is 9.34. The minimum absolute atomic E-state index is 0.0317. The van der Waals surface area contributed by atoms with Crippen molar-refractivity contribution in [2.45, 2.75) is 31.7 Å². The Morgan fingerprint density at radius 1 is 1.40 bits per heavy atom. The minimum atomic E-state index is -0.0636. The number of nitrogens with zero attached hydrogens (tertiary/aromatic N) is 2. The first kappa shape index (κ1) is 16.1. The Labute approximate surface area is 149 Å². The highest BCUT2D eigenvalue weighted by atomic mass is 32.1. The maximum absolute atomic E-state index is 12.4. The molecule has 1 unspecified atom stereocenters. The molecule has 2 aromatic rings. The number of aromatic nitrogens is 1. The average Bonchev–Trinajstić information content (AvgIpc) is 3.24. The molecule has 0 saturated carbocycles. The van der Waals surface area contributed by atoms with Crippen LogP contribution in [-0.2, 0) is 16.0 Å². The highest BCUT2D eigenvalue weighted by Crippen LogP contribution is 2.31. The lowest BCUT2D eigenvalue weighted by Gasteiger charge is -2.26. The number of benzene rings is 1. The van der Waals surface area contributed by atoms with Crippen LogP contribution in [0.5, 0.6) is 5.75 Å². The lowest BCUT2D eigenvalue weighted by Crippen LogP contribution is -2.33. The van der Waals surface area contributed by atoms with Crippen LogP contribution >= 0.6 is 11.3 Å². The molecule has 0 bridgehead atoms. The van der Waals surface area contributed by atoms with E-state index in [4.69, 9.17) is 4.74 Å². The van der Waals surface area contributed by atoms with Gasteiger partial charge in [-0.1, -0.05) is 18.2 Å². The van der Waals surface area contributed by atoms with Gasteiger partial charge in [-0.05, 0) is 12.5 Å². The number of hydrogen-bond donors (Lipinski definition) is 1. The fourth-order valence-corrected chi connectivity index (χ4v) is 4.12. The van der Waals surface area contributed by atoms with Gasteiger partial charge in [0.25, 0.3) is 0 Å². The van der Waals surface area contributed by atoms with Crippen molar-refractivity contribution >= 4 is 28.3 Å². The van der Waals surface area contributed by atoms with Gasteiger partial charge in [-0.15, -0.1) is 11.3 Å². The van der Waals surface area contributed by atoms with Crippen LogP contribution in [0.2, 0.25) is 0 Å². The molecule has 1 fully saturated rings. The Kier molecular flexibility index (Phi) is 4.40. The van der Waals surface area contributed by atoms with E-state index in [1.165, 1.54) is 11.3 Å². The van der Waals surface area contributed by atoms with Gasteiger partial charge in [-0.2, -0.15) is 0 Å². The second-order valence-electron chi connectivity index (χ2n) is 6.24. The fraction of sp³-hybridized carbons (Fsp3) is 0.389. The van der Waals surface area contributed by atoms with E-state index in [0.717, 1.165) is 30.7 Å². The van der Waals surface area contributed by atoms with Crippen molar-refractivity contribution in [2.75, 3.05) is 18.1 Å². The number of anilines is 1. The van der Waals surface area contributed by atoms with Crippen LogP contribution in [0.1, 0.15) is 36.6 Å². The topological polar surface area (TPSA) is 71.5 Å². The number of ether oxygens (including phenoxy) is 1. The Hall–Kier alpha value is -2.41. The maximum atomic E-state index is 12.4. The van der Waals surface area contributed by atoms with Crippen molar-refractivity contribution in [2.24, 2.45) is 0 Å². The van der Waals surface area contributed by atoms with Gasteiger partial charge in [0.1, 0.15) is 5.75 Å². The first-order valence-electron chi connectivity index (χ1n) is 8.46. The van der Waals surface area contributed by atoms with Crippen LogP contribution in [-0.4, -0.2) is 29.9 Å². The molecule has 4 rings (SSSR count). The molecule has 1 aromatic carbocycles. The van der Waals surface area contributed by atoms with Crippen LogP contribution in [0.15, 0.2) is 29.6 Å². The summed E-state index contributed by atoms with van der Waals surface area (Å²) in [5.41, 5.74) is 1.72. The zero-order valence-corrected chi connectivity index (χ0v) is 14.6. The lowest BCUT2D eigenvalue weighted by molar-refractivity contribution is -0.121. The molecule has 25 heavy (non-hydrogen) atoms. The molecule has 3 heterocycles. The number of nitrogens with one attached hydrogen (secondary N) is 1. The van der Waals surface area contributed by atoms with E-state index in [-0.39, 0.29) is 24.3 Å². The number of rotatable bonds is 4. The third-order valence-electron chi connectivity index (χ3n) is 4.48. The molecule has 1 saturated heterocycles. The molecule has 2 amide bonds. The van der Waals surface area contributed by atoms with E-state index in [1.807, 2.05) is 29.6 Å². The molecular weight excluding hydrogens is 338 g/mol. The Balaban J connectivity index is 1.40. The Morgan fingerprint density at radius 3 is 3.12 bits per heavy atom. The summed E-state index contributed by atoms with van der Waals surface area (Å²) in [6, 6.07) is 7.76. The highest BCUT2D eigenvalue weighted by molar-refractivity contribution is 7.14. The van der Waals surface area contributed by atoms with Crippen LogP contribution in [0.3, 0.4) is 0 Å². The predicted octanol–water partition coefficient (Wildman–Crippen LogP) is 2.45. The number of fused-ring (bicyclic) bond motifs is 1. The molecule has 1 aromatic heterocycles. The van der Waals surface area contributed by atoms with Crippen molar-refractivity contribution in [1.29, 1.82) is 0 Å². The SMILES string of the molecule is O=C(Cc1csc(N2CCCC2=O)n1)NC1CCOc2ccccc21. The zero-order chi connectivity index (χ0) is 17.2. The average molecular weight is 357 g/mol. The van der Waals surface area contributed by atoms with Gasteiger partial charge in [-0.25, -0.2) is 4.98 Å². The summed E-state index contributed by atoms with van der Waals surface area (Å²) < 4.78 is 5.62. The normalized spacial score (nSPS) is 19.4. The fourth-order valence-electron chi connectivity index (χ4n) is 3.25. The second-order valence-corrected chi connectivity index (χ2v) is 7.08. The summed E-state index contributed by atoms with van der Waals surface area (Å²) in [4.78, 5) is 30.4. The molecule has 0 radical (unpaired) electrons. The number of carbonyl (C=O) groups excluding carboxylic acids is 2. The van der Waals surface area contributed by atoms with Crippen LogP contribution < -0.4 is 15.0 Å². The summed E-state index contributed by atoms with van der Waals surface area (Å²) in [6.07, 6.45) is 2.43. The van der Waals surface area contributed by atoms with E-state index in [0.29, 0.717) is 23.9 Å².